The Morgan fingerprint density at radius 2 is 2.14 bits per heavy atom. The number of nitrogens with two attached hydrogens (primary N) is 1. The van der Waals surface area contributed by atoms with Crippen LogP contribution in [0.4, 0.5) is 0 Å². The fraction of sp³-hybridized carbons (Fsp3) is 0.294. The summed E-state index contributed by atoms with van der Waals surface area (Å²) in [5.41, 5.74) is 10.2. The smallest absolute Gasteiger partial charge is 0.163 e. The van der Waals surface area contributed by atoms with Gasteiger partial charge in [0.05, 0.1) is 5.56 Å². The Balaban J connectivity index is 1.91. The average Bonchev–Trinajstić information content (AvgIpc) is 2.83. The predicted octanol–water partition coefficient (Wildman–Crippen LogP) is 3.53. The fourth-order valence-corrected chi connectivity index (χ4v) is 3.15. The first-order valence-electron chi connectivity index (χ1n) is 7.34. The van der Waals surface area contributed by atoms with Crippen molar-refractivity contribution in [3.05, 3.63) is 47.5 Å². The third-order valence-corrected chi connectivity index (χ3v) is 4.22. The monoisotopic (exact) mass is 279 g/mol. The highest BCUT2D eigenvalue weighted by Crippen LogP contribution is 2.34. The number of aromatic nitrogens is 2. The molecule has 0 saturated heterocycles. The van der Waals surface area contributed by atoms with E-state index in [1.54, 1.807) is 0 Å². The largest absolute Gasteiger partial charge is 0.461 e. The lowest BCUT2D eigenvalue weighted by molar-refractivity contribution is 0.556. The Bertz CT molecular complexity index is 822. The summed E-state index contributed by atoms with van der Waals surface area (Å²) < 4.78 is 5.81. The van der Waals surface area contributed by atoms with E-state index in [1.165, 1.54) is 0 Å². The molecule has 0 spiro atoms. The van der Waals surface area contributed by atoms with E-state index < -0.39 is 0 Å². The van der Waals surface area contributed by atoms with Gasteiger partial charge in [-0.25, -0.2) is 9.97 Å². The van der Waals surface area contributed by atoms with Gasteiger partial charge in [0, 0.05) is 28.9 Å². The van der Waals surface area contributed by atoms with E-state index in [9.17, 15) is 0 Å². The zero-order valence-corrected chi connectivity index (χ0v) is 12.0. The number of aryl methyl sites for hydroxylation is 2. The third kappa shape index (κ3) is 1.94. The Hall–Kier alpha value is -2.20. The molecule has 1 unspecified atom stereocenters. The van der Waals surface area contributed by atoms with E-state index in [0.717, 1.165) is 58.6 Å². The molecule has 4 rings (SSSR count). The zero-order chi connectivity index (χ0) is 14.4. The summed E-state index contributed by atoms with van der Waals surface area (Å²) in [5.74, 6) is 1.60. The van der Waals surface area contributed by atoms with Crippen molar-refractivity contribution >= 4 is 11.0 Å². The van der Waals surface area contributed by atoms with Gasteiger partial charge in [0.15, 0.2) is 5.82 Å². The molecule has 0 bridgehead atoms. The van der Waals surface area contributed by atoms with Crippen molar-refractivity contribution in [1.29, 1.82) is 0 Å². The van der Waals surface area contributed by atoms with Crippen LogP contribution >= 0.6 is 0 Å². The molecule has 2 heterocycles. The van der Waals surface area contributed by atoms with Gasteiger partial charge >= 0.3 is 0 Å². The Morgan fingerprint density at radius 3 is 3.05 bits per heavy atom. The van der Waals surface area contributed by atoms with E-state index in [4.69, 9.17) is 15.1 Å². The zero-order valence-electron chi connectivity index (χ0n) is 12.0. The summed E-state index contributed by atoms with van der Waals surface area (Å²) in [6.07, 6.45) is 4.98. The van der Waals surface area contributed by atoms with Crippen molar-refractivity contribution in [1.82, 2.24) is 9.97 Å². The second-order valence-electron chi connectivity index (χ2n) is 5.62. The molecule has 0 aliphatic heterocycles. The number of fused-ring (bicyclic) bond motifs is 2. The van der Waals surface area contributed by atoms with Crippen molar-refractivity contribution in [2.24, 2.45) is 5.73 Å². The van der Waals surface area contributed by atoms with Crippen molar-refractivity contribution in [2.75, 3.05) is 0 Å². The van der Waals surface area contributed by atoms with Gasteiger partial charge in [0.1, 0.15) is 11.3 Å². The van der Waals surface area contributed by atoms with Crippen LogP contribution in [0.5, 0.6) is 0 Å². The SMILES string of the molecule is Cc1oc2ccccc2c1-c1ncc2c(n1)CCCC2N. The Kier molecular flexibility index (Phi) is 2.79. The van der Waals surface area contributed by atoms with Gasteiger partial charge in [-0.2, -0.15) is 0 Å². The molecule has 1 aliphatic carbocycles. The average molecular weight is 279 g/mol. The van der Waals surface area contributed by atoms with Gasteiger partial charge < -0.3 is 10.2 Å². The van der Waals surface area contributed by atoms with Gasteiger partial charge in [0.2, 0.25) is 0 Å². The molecule has 4 heteroatoms. The summed E-state index contributed by atoms with van der Waals surface area (Å²) in [7, 11) is 0. The predicted molar refractivity (Wildman–Crippen MR) is 81.8 cm³/mol. The summed E-state index contributed by atoms with van der Waals surface area (Å²) in [4.78, 5) is 9.31. The second kappa shape index (κ2) is 4.67. The summed E-state index contributed by atoms with van der Waals surface area (Å²) in [5, 5.41) is 1.06. The molecular formula is C17H17N3O. The molecule has 106 valence electrons. The number of hydrogen-bond acceptors (Lipinski definition) is 4. The molecule has 1 aromatic carbocycles. The van der Waals surface area contributed by atoms with Crippen molar-refractivity contribution in [3.63, 3.8) is 0 Å². The molecule has 1 atom stereocenters. The van der Waals surface area contributed by atoms with Gasteiger partial charge in [-0.1, -0.05) is 18.2 Å². The Labute approximate surface area is 123 Å². The molecule has 4 nitrogen and oxygen atoms in total. The maximum absolute atomic E-state index is 6.14. The minimum atomic E-state index is 0.0741. The summed E-state index contributed by atoms with van der Waals surface area (Å²) in [6, 6.07) is 8.08. The second-order valence-corrected chi connectivity index (χ2v) is 5.62. The highest BCUT2D eigenvalue weighted by molar-refractivity contribution is 5.93. The summed E-state index contributed by atoms with van der Waals surface area (Å²) in [6.45, 7) is 1.96. The number of hydrogen-bond donors (Lipinski definition) is 1. The first-order chi connectivity index (χ1) is 10.2. The highest BCUT2D eigenvalue weighted by Gasteiger charge is 2.21. The first-order valence-corrected chi connectivity index (χ1v) is 7.34. The molecule has 2 N–H and O–H groups in total. The van der Waals surface area contributed by atoms with Crippen LogP contribution in [0.1, 0.15) is 35.9 Å². The third-order valence-electron chi connectivity index (χ3n) is 4.22. The molecule has 1 aliphatic rings. The van der Waals surface area contributed by atoms with Crippen LogP contribution in [0.25, 0.3) is 22.4 Å². The quantitative estimate of drug-likeness (QED) is 0.740. The lowest BCUT2D eigenvalue weighted by Crippen LogP contribution is -2.19. The minimum absolute atomic E-state index is 0.0741. The van der Waals surface area contributed by atoms with Crippen LogP contribution in [-0.2, 0) is 6.42 Å². The number of nitrogens with zero attached hydrogens (tertiary/aromatic N) is 2. The fourth-order valence-electron chi connectivity index (χ4n) is 3.15. The molecular weight excluding hydrogens is 262 g/mol. The van der Waals surface area contributed by atoms with Crippen LogP contribution in [0.2, 0.25) is 0 Å². The van der Waals surface area contributed by atoms with Crippen LogP contribution in [0.3, 0.4) is 0 Å². The molecule has 3 aromatic rings. The lowest BCUT2D eigenvalue weighted by Gasteiger charge is -2.20. The van der Waals surface area contributed by atoms with Gasteiger partial charge in [0.25, 0.3) is 0 Å². The van der Waals surface area contributed by atoms with E-state index in [2.05, 4.69) is 11.1 Å². The number of rotatable bonds is 1. The van der Waals surface area contributed by atoms with E-state index in [-0.39, 0.29) is 6.04 Å². The number of benzene rings is 1. The molecule has 0 saturated carbocycles. The van der Waals surface area contributed by atoms with Gasteiger partial charge in [-0.15, -0.1) is 0 Å². The van der Waals surface area contributed by atoms with Crippen LogP contribution in [0.15, 0.2) is 34.9 Å². The highest BCUT2D eigenvalue weighted by atomic mass is 16.3. The molecule has 0 amide bonds. The summed E-state index contributed by atoms with van der Waals surface area (Å²) >= 11 is 0. The van der Waals surface area contributed by atoms with Crippen LogP contribution < -0.4 is 5.73 Å². The maximum Gasteiger partial charge on any atom is 0.163 e. The molecule has 0 fully saturated rings. The minimum Gasteiger partial charge on any atom is -0.461 e. The van der Waals surface area contributed by atoms with Crippen molar-refractivity contribution < 1.29 is 4.42 Å². The Morgan fingerprint density at radius 1 is 1.29 bits per heavy atom. The lowest BCUT2D eigenvalue weighted by atomic mass is 9.93. The van der Waals surface area contributed by atoms with Gasteiger partial charge in [-0.3, -0.25) is 0 Å². The van der Waals surface area contributed by atoms with E-state index >= 15 is 0 Å². The molecule has 21 heavy (non-hydrogen) atoms. The van der Waals surface area contributed by atoms with Crippen LogP contribution in [-0.4, -0.2) is 9.97 Å². The molecule has 0 radical (unpaired) electrons. The standard InChI is InChI=1S/C17H17N3O/c1-10-16(11-5-2-3-8-15(11)21-10)17-19-9-12-13(18)6-4-7-14(12)20-17/h2-3,5,8-9,13H,4,6-7,18H2,1H3. The number of para-hydroxylation sites is 1. The first kappa shape index (κ1) is 12.5. The van der Waals surface area contributed by atoms with Crippen molar-refractivity contribution in [2.45, 2.75) is 32.2 Å². The van der Waals surface area contributed by atoms with Crippen molar-refractivity contribution in [3.8, 4) is 11.4 Å². The molecule has 2 aromatic heterocycles. The number of furan rings is 1. The van der Waals surface area contributed by atoms with Crippen LogP contribution in [0, 0.1) is 6.92 Å². The topological polar surface area (TPSA) is 64.9 Å². The van der Waals surface area contributed by atoms with E-state index in [1.807, 2.05) is 31.3 Å². The normalized spacial score (nSPS) is 17.9. The van der Waals surface area contributed by atoms with Gasteiger partial charge in [-0.05, 0) is 32.3 Å². The van der Waals surface area contributed by atoms with E-state index in [0.29, 0.717) is 0 Å². The maximum atomic E-state index is 6.14.